The van der Waals surface area contributed by atoms with Crippen molar-refractivity contribution >= 4 is 22.9 Å². The fraction of sp³-hybridized carbons (Fsp3) is 0.238. The van der Waals surface area contributed by atoms with Gasteiger partial charge in [0, 0.05) is 0 Å². The molecule has 2 aromatic carbocycles. The first-order valence-electron chi connectivity index (χ1n) is 10.1. The number of rotatable bonds is 8. The predicted octanol–water partition coefficient (Wildman–Crippen LogP) is 0.0261. The van der Waals surface area contributed by atoms with E-state index in [1.807, 2.05) is 12.1 Å². The summed E-state index contributed by atoms with van der Waals surface area (Å²) in [5.74, 6) is -0.0779. The van der Waals surface area contributed by atoms with E-state index in [-0.39, 0.29) is 11.5 Å². The molecule has 33 heavy (non-hydrogen) atoms. The molecule has 0 aliphatic carbocycles. The fourth-order valence-corrected chi connectivity index (χ4v) is 3.43. The highest BCUT2D eigenvalue weighted by atomic mass is 16.6. The molecule has 4 atom stereocenters. The van der Waals surface area contributed by atoms with Gasteiger partial charge in [0.05, 0.1) is 18.0 Å². The third kappa shape index (κ3) is 4.68. The number of aromatic amines is 1. The molecule has 4 rings (SSSR count). The molecule has 2 heterocycles. The Morgan fingerprint density at radius 1 is 0.848 bits per heavy atom. The summed E-state index contributed by atoms with van der Waals surface area (Å²) in [4.78, 5) is 27.7. The first-order chi connectivity index (χ1) is 16.0. The van der Waals surface area contributed by atoms with Crippen LogP contribution >= 0.6 is 0 Å². The van der Waals surface area contributed by atoms with Gasteiger partial charge in [-0.15, -0.1) is 0 Å². The van der Waals surface area contributed by atoms with Crippen LogP contribution in [0.25, 0.3) is 0 Å². The van der Waals surface area contributed by atoms with Crippen LogP contribution in [0.2, 0.25) is 0 Å². The van der Waals surface area contributed by atoms with Crippen LogP contribution in [0.3, 0.4) is 0 Å². The maximum absolute atomic E-state index is 12.8. The summed E-state index contributed by atoms with van der Waals surface area (Å²) in [6.07, 6.45) is -5.48. The predicted molar refractivity (Wildman–Crippen MR) is 122 cm³/mol. The molecule has 0 amide bonds. The summed E-state index contributed by atoms with van der Waals surface area (Å²) in [5, 5.41) is 30.1. The summed E-state index contributed by atoms with van der Waals surface area (Å²) in [6, 6.07) is 17.9. The van der Waals surface area contributed by atoms with Crippen LogP contribution < -0.4 is 33.0 Å². The van der Waals surface area contributed by atoms with Crippen molar-refractivity contribution in [3.8, 4) is 0 Å². The molecular formula is C21H24N6O6. The number of H-pyrrole nitrogens is 1. The van der Waals surface area contributed by atoms with Crippen molar-refractivity contribution in [2.75, 3.05) is 28.3 Å². The monoisotopic (exact) mass is 456 g/mol. The number of hydrogen-bond acceptors (Lipinski definition) is 10. The van der Waals surface area contributed by atoms with Crippen molar-refractivity contribution in [3.05, 3.63) is 81.5 Å². The average Bonchev–Trinajstić information content (AvgIpc) is 3.11. The highest BCUT2D eigenvalue weighted by molar-refractivity contribution is 5.68. The van der Waals surface area contributed by atoms with Crippen LogP contribution in [0.15, 0.2) is 70.3 Å². The second-order valence-electron chi connectivity index (χ2n) is 7.31. The zero-order valence-electron chi connectivity index (χ0n) is 17.3. The largest absolute Gasteiger partial charge is 0.394 e. The van der Waals surface area contributed by atoms with E-state index in [0.717, 1.165) is 4.57 Å². The molecule has 8 N–H and O–H groups in total. The molecule has 12 heteroatoms. The van der Waals surface area contributed by atoms with Crippen LogP contribution in [0, 0.1) is 0 Å². The molecule has 0 radical (unpaired) electrons. The first kappa shape index (κ1) is 22.4. The molecule has 1 aliphatic rings. The second kappa shape index (κ2) is 9.75. The zero-order valence-corrected chi connectivity index (χ0v) is 17.3. The van der Waals surface area contributed by atoms with Gasteiger partial charge in [-0.25, -0.2) is 9.36 Å². The highest BCUT2D eigenvalue weighted by Crippen LogP contribution is 2.32. The third-order valence-electron chi connectivity index (χ3n) is 5.12. The summed E-state index contributed by atoms with van der Waals surface area (Å²) >= 11 is 0. The van der Waals surface area contributed by atoms with E-state index < -0.39 is 42.4 Å². The molecular weight excluding hydrogens is 432 g/mol. The number of nitrogens with zero attached hydrogens (tertiary/aromatic N) is 1. The molecule has 3 aromatic rings. The van der Waals surface area contributed by atoms with Gasteiger partial charge in [-0.1, -0.05) is 36.4 Å². The maximum Gasteiger partial charge on any atom is 0.332 e. The number of anilines is 4. The Hall–Kier alpha value is -3.84. The van der Waals surface area contributed by atoms with Crippen molar-refractivity contribution in [1.29, 1.82) is 0 Å². The lowest BCUT2D eigenvalue weighted by molar-refractivity contribution is -0.0538. The van der Waals surface area contributed by atoms with E-state index in [2.05, 4.69) is 26.7 Å². The van der Waals surface area contributed by atoms with Crippen LogP contribution in [0.1, 0.15) is 6.23 Å². The highest BCUT2D eigenvalue weighted by Gasteiger charge is 2.45. The minimum Gasteiger partial charge on any atom is -0.394 e. The normalized spacial score (nSPS) is 22.0. The number of ether oxygens (including phenoxy) is 1. The molecule has 0 saturated carbocycles. The summed E-state index contributed by atoms with van der Waals surface area (Å²) < 4.78 is 6.48. The lowest BCUT2D eigenvalue weighted by Gasteiger charge is -2.24. The van der Waals surface area contributed by atoms with E-state index >= 15 is 0 Å². The number of hydrazine groups is 2. The lowest BCUT2D eigenvalue weighted by atomic mass is 10.1. The van der Waals surface area contributed by atoms with Gasteiger partial charge in [0.25, 0.3) is 5.56 Å². The van der Waals surface area contributed by atoms with Gasteiger partial charge in [-0.2, -0.15) is 0 Å². The van der Waals surface area contributed by atoms with Gasteiger partial charge >= 0.3 is 5.69 Å². The number of aliphatic hydroxyl groups is 3. The van der Waals surface area contributed by atoms with E-state index in [0.29, 0.717) is 11.4 Å². The summed E-state index contributed by atoms with van der Waals surface area (Å²) in [7, 11) is 0. The maximum atomic E-state index is 12.8. The molecule has 174 valence electrons. The van der Waals surface area contributed by atoms with Gasteiger partial charge < -0.3 is 25.5 Å². The van der Waals surface area contributed by atoms with Gasteiger partial charge in [-0.05, 0) is 24.3 Å². The van der Waals surface area contributed by atoms with Crippen LogP contribution in [0.5, 0.6) is 0 Å². The molecule has 1 aromatic heterocycles. The smallest absolute Gasteiger partial charge is 0.332 e. The van der Waals surface area contributed by atoms with E-state index in [9.17, 15) is 24.9 Å². The quantitative estimate of drug-likeness (QED) is 0.216. The van der Waals surface area contributed by atoms with E-state index in [1.165, 1.54) is 0 Å². The number of aromatic nitrogens is 2. The number of hydrogen-bond donors (Lipinski definition) is 8. The van der Waals surface area contributed by atoms with Crippen molar-refractivity contribution < 1.29 is 20.1 Å². The average molecular weight is 456 g/mol. The fourth-order valence-electron chi connectivity index (χ4n) is 3.43. The van der Waals surface area contributed by atoms with Crippen LogP contribution in [-0.2, 0) is 4.74 Å². The molecule has 0 bridgehead atoms. The third-order valence-corrected chi connectivity index (χ3v) is 5.12. The Labute approximate surface area is 187 Å². The minimum atomic E-state index is -1.54. The van der Waals surface area contributed by atoms with Crippen LogP contribution in [-0.4, -0.2) is 49.8 Å². The van der Waals surface area contributed by atoms with Crippen LogP contribution in [0.4, 0.5) is 22.9 Å². The van der Waals surface area contributed by atoms with Gasteiger partial charge in [0.2, 0.25) is 0 Å². The molecule has 1 fully saturated rings. The van der Waals surface area contributed by atoms with Crippen molar-refractivity contribution in [2.45, 2.75) is 24.5 Å². The number of nitrogens with one attached hydrogen (secondary N) is 5. The van der Waals surface area contributed by atoms with Gasteiger partial charge in [0.1, 0.15) is 18.3 Å². The standard InChI is InChI=1S/C21H24N6O6/c28-11-14-16(29)17(30)20(33-14)27-18(26-24-13-9-5-2-6-10-13)15(19(31)22-21(27)32)25-23-12-7-3-1-4-8-12/h1-10,14,16-17,20,23-26,28-30H,11H2,(H,22,31,32)/t14-,16-,17-,20-/m0/s1. The Kier molecular flexibility index (Phi) is 6.60. The van der Waals surface area contributed by atoms with Crippen molar-refractivity contribution in [3.63, 3.8) is 0 Å². The summed E-state index contributed by atoms with van der Waals surface area (Å²) in [6.45, 7) is -0.571. The Morgan fingerprint density at radius 2 is 1.42 bits per heavy atom. The molecule has 0 unspecified atom stereocenters. The Bertz CT molecular complexity index is 1190. The van der Waals surface area contributed by atoms with E-state index in [1.54, 1.807) is 48.5 Å². The van der Waals surface area contributed by atoms with Crippen molar-refractivity contribution in [1.82, 2.24) is 9.55 Å². The number of para-hydroxylation sites is 2. The molecule has 12 nitrogen and oxygen atoms in total. The second-order valence-corrected chi connectivity index (χ2v) is 7.31. The number of benzene rings is 2. The first-order valence-corrected chi connectivity index (χ1v) is 10.1. The SMILES string of the molecule is O=c1[nH]c(=O)n([C@H]2O[C@@H](CO)[C@H](O)[C@@H]2O)c(NNc2ccccc2)c1NNc1ccccc1. The Morgan fingerprint density at radius 3 is 1.97 bits per heavy atom. The zero-order chi connectivity index (χ0) is 23.4. The molecule has 1 saturated heterocycles. The summed E-state index contributed by atoms with van der Waals surface area (Å²) in [5.41, 5.74) is 10.9. The van der Waals surface area contributed by atoms with Crippen molar-refractivity contribution in [2.24, 2.45) is 0 Å². The topological polar surface area (TPSA) is 173 Å². The van der Waals surface area contributed by atoms with Gasteiger partial charge in [-0.3, -0.25) is 26.1 Å². The van der Waals surface area contributed by atoms with E-state index in [4.69, 9.17) is 4.74 Å². The lowest BCUT2D eigenvalue weighted by Crippen LogP contribution is -2.41. The minimum absolute atomic E-state index is 0.0779. The Balaban J connectivity index is 1.75. The molecule has 0 spiro atoms. The molecule has 1 aliphatic heterocycles. The number of aliphatic hydroxyl groups excluding tert-OH is 3. The van der Waals surface area contributed by atoms with Gasteiger partial charge in [0.15, 0.2) is 17.7 Å².